The summed E-state index contributed by atoms with van der Waals surface area (Å²) in [4.78, 5) is 13.2. The summed E-state index contributed by atoms with van der Waals surface area (Å²) in [5.74, 6) is -0.938. The minimum atomic E-state index is -0.786. The van der Waals surface area contributed by atoms with Crippen LogP contribution in [-0.4, -0.2) is 12.5 Å². The van der Waals surface area contributed by atoms with Crippen molar-refractivity contribution in [2.45, 2.75) is 44.1 Å². The van der Waals surface area contributed by atoms with Gasteiger partial charge in [-0.25, -0.2) is 8.78 Å². The highest BCUT2D eigenvalue weighted by Gasteiger charge is 2.43. The van der Waals surface area contributed by atoms with Crippen LogP contribution in [0.2, 0.25) is 0 Å². The molecule has 0 bridgehead atoms. The maximum Gasteiger partial charge on any atom is 0.235 e. The lowest BCUT2D eigenvalue weighted by Crippen LogP contribution is -2.38. The summed E-state index contributed by atoms with van der Waals surface area (Å²) < 4.78 is 28.6. The van der Waals surface area contributed by atoms with Crippen LogP contribution in [0.4, 0.5) is 14.5 Å². The molecule has 4 rings (SSSR count). The van der Waals surface area contributed by atoms with E-state index in [0.717, 1.165) is 24.9 Å². The molecule has 1 aliphatic heterocycles. The van der Waals surface area contributed by atoms with Gasteiger partial charge in [0, 0.05) is 6.54 Å². The van der Waals surface area contributed by atoms with Crippen molar-refractivity contribution in [3.05, 3.63) is 64.7 Å². The molecule has 0 saturated heterocycles. The maximum absolute atomic E-state index is 14.9. The molecular formula is C21H22F2N2O. The van der Waals surface area contributed by atoms with E-state index in [-0.39, 0.29) is 23.2 Å². The molecule has 0 atom stereocenters. The Morgan fingerprint density at radius 2 is 1.92 bits per heavy atom. The summed E-state index contributed by atoms with van der Waals surface area (Å²) in [5.41, 5.74) is 1.72. The Balaban J connectivity index is 1.66. The Morgan fingerprint density at radius 3 is 2.69 bits per heavy atom. The Bertz CT molecular complexity index is 844. The normalized spacial score (nSPS) is 18.4. The molecule has 0 spiro atoms. The average Bonchev–Trinajstić information content (AvgIpc) is 3.15. The lowest BCUT2D eigenvalue weighted by molar-refractivity contribution is -0.121. The highest BCUT2D eigenvalue weighted by atomic mass is 19.1. The molecule has 2 aromatic carbocycles. The molecule has 1 fully saturated rings. The summed E-state index contributed by atoms with van der Waals surface area (Å²) in [7, 11) is 0. The number of carbonyl (C=O) groups is 1. The van der Waals surface area contributed by atoms with Gasteiger partial charge in [-0.1, -0.05) is 31.0 Å². The summed E-state index contributed by atoms with van der Waals surface area (Å²) in [5, 5.41) is 6.02. The van der Waals surface area contributed by atoms with Crippen LogP contribution < -0.4 is 10.6 Å². The minimum Gasteiger partial charge on any atom is -0.323 e. The van der Waals surface area contributed by atoms with Gasteiger partial charge in [-0.05, 0) is 60.7 Å². The van der Waals surface area contributed by atoms with E-state index in [4.69, 9.17) is 0 Å². The minimum absolute atomic E-state index is 0.221. The third-order valence-electron chi connectivity index (χ3n) is 5.72. The zero-order chi connectivity index (χ0) is 18.1. The summed E-state index contributed by atoms with van der Waals surface area (Å²) in [6.07, 6.45) is 3.72. The first kappa shape index (κ1) is 17.2. The second-order valence-electron chi connectivity index (χ2n) is 7.25. The predicted molar refractivity (Wildman–Crippen MR) is 97.0 cm³/mol. The molecule has 136 valence electrons. The van der Waals surface area contributed by atoms with E-state index in [9.17, 15) is 13.6 Å². The van der Waals surface area contributed by atoms with Crippen molar-refractivity contribution in [1.82, 2.24) is 5.32 Å². The maximum atomic E-state index is 14.9. The van der Waals surface area contributed by atoms with Gasteiger partial charge >= 0.3 is 0 Å². The first-order valence-corrected chi connectivity index (χ1v) is 9.19. The smallest absolute Gasteiger partial charge is 0.235 e. The number of hydrogen-bond donors (Lipinski definition) is 2. The van der Waals surface area contributed by atoms with Crippen LogP contribution in [0.15, 0.2) is 36.4 Å². The molecule has 1 aliphatic carbocycles. The van der Waals surface area contributed by atoms with Crippen LogP contribution in [0.1, 0.15) is 42.4 Å². The molecule has 1 heterocycles. The van der Waals surface area contributed by atoms with Crippen LogP contribution in [0.3, 0.4) is 0 Å². The van der Waals surface area contributed by atoms with Crippen molar-refractivity contribution < 1.29 is 13.6 Å². The molecule has 0 radical (unpaired) electrons. The van der Waals surface area contributed by atoms with Crippen molar-refractivity contribution in [2.24, 2.45) is 0 Å². The third kappa shape index (κ3) is 2.90. The molecule has 0 unspecified atom stereocenters. The van der Waals surface area contributed by atoms with E-state index in [2.05, 4.69) is 10.6 Å². The fourth-order valence-electron chi connectivity index (χ4n) is 4.28. The highest BCUT2D eigenvalue weighted by Crippen LogP contribution is 2.42. The molecule has 5 heteroatoms. The number of nitrogens with one attached hydrogen (secondary N) is 2. The van der Waals surface area contributed by atoms with E-state index < -0.39 is 5.41 Å². The van der Waals surface area contributed by atoms with Crippen LogP contribution in [0.5, 0.6) is 0 Å². The molecule has 1 amide bonds. The van der Waals surface area contributed by atoms with E-state index in [0.29, 0.717) is 36.9 Å². The Morgan fingerprint density at radius 1 is 1.12 bits per heavy atom. The van der Waals surface area contributed by atoms with E-state index in [1.807, 2.05) is 6.07 Å². The lowest BCUT2D eigenvalue weighted by Gasteiger charge is -2.29. The number of fused-ring (bicyclic) bond motifs is 1. The van der Waals surface area contributed by atoms with Crippen molar-refractivity contribution in [1.29, 1.82) is 0 Å². The third-order valence-corrected chi connectivity index (χ3v) is 5.72. The molecule has 2 aliphatic rings. The molecule has 3 nitrogen and oxygen atoms in total. The average molecular weight is 356 g/mol. The molecule has 26 heavy (non-hydrogen) atoms. The fraction of sp³-hybridized carbons (Fsp3) is 0.381. The van der Waals surface area contributed by atoms with Gasteiger partial charge in [-0.2, -0.15) is 0 Å². The Kier molecular flexibility index (Phi) is 4.49. The number of hydrogen-bond acceptors (Lipinski definition) is 2. The molecule has 2 aromatic rings. The van der Waals surface area contributed by atoms with Crippen molar-refractivity contribution in [2.75, 3.05) is 11.9 Å². The zero-order valence-corrected chi connectivity index (χ0v) is 14.6. The summed E-state index contributed by atoms with van der Waals surface area (Å²) in [6.45, 7) is 1.38. The molecular weight excluding hydrogens is 334 g/mol. The quantitative estimate of drug-likeness (QED) is 0.871. The zero-order valence-electron chi connectivity index (χ0n) is 14.6. The lowest BCUT2D eigenvalue weighted by atomic mass is 9.78. The molecule has 1 saturated carbocycles. The number of halogens is 2. The van der Waals surface area contributed by atoms with Crippen molar-refractivity contribution >= 4 is 11.6 Å². The number of anilines is 1. The van der Waals surface area contributed by atoms with Crippen molar-refractivity contribution in [3.8, 4) is 0 Å². The number of carbonyl (C=O) groups excluding carboxylic acids is 1. The fourth-order valence-corrected chi connectivity index (χ4v) is 4.28. The number of amides is 1. The van der Waals surface area contributed by atoms with Gasteiger partial charge in [0.25, 0.3) is 0 Å². The second kappa shape index (κ2) is 6.80. The highest BCUT2D eigenvalue weighted by molar-refractivity contribution is 5.99. The van der Waals surface area contributed by atoms with Crippen LogP contribution in [-0.2, 0) is 23.2 Å². The Labute approximate surface area is 151 Å². The van der Waals surface area contributed by atoms with Gasteiger partial charge < -0.3 is 10.6 Å². The topological polar surface area (TPSA) is 41.1 Å². The van der Waals surface area contributed by atoms with Gasteiger partial charge in [-0.15, -0.1) is 0 Å². The largest absolute Gasteiger partial charge is 0.323 e. The first-order valence-electron chi connectivity index (χ1n) is 9.19. The summed E-state index contributed by atoms with van der Waals surface area (Å²) in [6, 6.07) is 9.73. The standard InChI is InChI=1S/C21H22F2N2O/c22-16-5-3-4-15(12-16)21(9-1-2-10-21)20(26)25-18-7-6-14-13-24-11-8-17(14)19(18)23/h3-7,12,24H,1-2,8-11,13H2,(H,25,26). The van der Waals surface area contributed by atoms with Crippen molar-refractivity contribution in [3.63, 3.8) is 0 Å². The molecule has 0 aromatic heterocycles. The Hall–Kier alpha value is -2.27. The van der Waals surface area contributed by atoms with Gasteiger partial charge in [0.15, 0.2) is 0 Å². The predicted octanol–water partition coefficient (Wildman–Crippen LogP) is 4.06. The second-order valence-corrected chi connectivity index (χ2v) is 7.25. The summed E-state index contributed by atoms with van der Waals surface area (Å²) >= 11 is 0. The van der Waals surface area contributed by atoms with E-state index in [1.54, 1.807) is 18.2 Å². The number of benzene rings is 2. The van der Waals surface area contributed by atoms with Crippen LogP contribution >= 0.6 is 0 Å². The number of rotatable bonds is 3. The first-order chi connectivity index (χ1) is 12.6. The van der Waals surface area contributed by atoms with Crippen LogP contribution in [0.25, 0.3) is 0 Å². The SMILES string of the molecule is O=C(Nc1ccc2c(c1F)CCNC2)C1(c2cccc(F)c2)CCCC1. The van der Waals surface area contributed by atoms with Gasteiger partial charge in [0.2, 0.25) is 5.91 Å². The monoisotopic (exact) mass is 356 g/mol. The van der Waals surface area contributed by atoms with E-state index >= 15 is 0 Å². The van der Waals surface area contributed by atoms with Gasteiger partial charge in [0.1, 0.15) is 11.6 Å². The van der Waals surface area contributed by atoms with Gasteiger partial charge in [-0.3, -0.25) is 4.79 Å². The van der Waals surface area contributed by atoms with Gasteiger partial charge in [0.05, 0.1) is 11.1 Å². The van der Waals surface area contributed by atoms with Crippen LogP contribution in [0, 0.1) is 11.6 Å². The van der Waals surface area contributed by atoms with E-state index in [1.165, 1.54) is 12.1 Å². The molecule has 2 N–H and O–H groups in total.